The summed E-state index contributed by atoms with van der Waals surface area (Å²) in [6, 6.07) is 0. The molecule has 0 saturated carbocycles. The van der Waals surface area contributed by atoms with Crippen LogP contribution in [0.4, 0.5) is 0 Å². The monoisotopic (exact) mass is 240 g/mol. The Labute approximate surface area is 91.1 Å². The average Bonchev–Trinajstić information content (AvgIpc) is 1.55. The van der Waals surface area contributed by atoms with E-state index in [2.05, 4.69) is 39.3 Å². The summed E-state index contributed by atoms with van der Waals surface area (Å²) >= 11 is -0.208. The van der Waals surface area contributed by atoms with E-state index in [9.17, 15) is 0 Å². The van der Waals surface area contributed by atoms with E-state index < -0.39 is 16.6 Å². The van der Waals surface area contributed by atoms with Gasteiger partial charge in [-0.05, 0) is 0 Å². The fourth-order valence-electron chi connectivity index (χ4n) is 0.313. The summed E-state index contributed by atoms with van der Waals surface area (Å²) < 4.78 is 11.3. The van der Waals surface area contributed by atoms with Crippen LogP contribution in [0.25, 0.3) is 0 Å². The predicted molar refractivity (Wildman–Crippen MR) is 54.6 cm³/mol. The largest absolute Gasteiger partial charge is 1.00 e. The maximum Gasteiger partial charge on any atom is -1.00 e. The molecule has 0 heterocycles. The Kier molecular flexibility index (Phi) is 7.58. The van der Waals surface area contributed by atoms with Crippen molar-refractivity contribution in [2.75, 3.05) is 0 Å². The Morgan fingerprint density at radius 3 is 1.17 bits per heavy atom. The van der Waals surface area contributed by atoms with E-state index in [-0.39, 0.29) is 28.3 Å². The number of halogens is 1. The van der Waals surface area contributed by atoms with Crippen LogP contribution in [0.2, 0.25) is 39.3 Å². The van der Waals surface area contributed by atoms with Gasteiger partial charge in [-0.15, -0.1) is 0 Å². The van der Waals surface area contributed by atoms with E-state index in [1.54, 1.807) is 0 Å². The van der Waals surface area contributed by atoms with Crippen LogP contribution in [-0.2, 0) is 6.96 Å². The zero-order chi connectivity index (χ0) is 9.12. The van der Waals surface area contributed by atoms with Crippen molar-refractivity contribution >= 4 is 32.5 Å². The molecule has 0 aliphatic rings. The second-order valence-electron chi connectivity index (χ2n) is 4.56. The van der Waals surface area contributed by atoms with Crippen LogP contribution < -0.4 is 12.4 Å². The van der Waals surface area contributed by atoms with E-state index in [1.165, 1.54) is 0 Å². The minimum absolute atomic E-state index is 0. The molecule has 0 spiro atoms. The molecular weight excluding hydrogens is 223 g/mol. The molecule has 0 radical (unpaired) electrons. The van der Waals surface area contributed by atoms with Crippen LogP contribution in [0, 0.1) is 0 Å². The Bertz CT molecular complexity index is 108. The molecule has 6 heteroatoms. The first-order chi connectivity index (χ1) is 4.71. The SMILES string of the molecule is C[Si](C)(C)[O][Al+][O][Si](C)(C)C.[Cl-]. The van der Waals surface area contributed by atoms with Gasteiger partial charge in [0.15, 0.2) is 0 Å². The molecule has 0 rings (SSSR count). The van der Waals surface area contributed by atoms with Gasteiger partial charge in [-0.3, -0.25) is 0 Å². The van der Waals surface area contributed by atoms with E-state index in [1.807, 2.05) is 0 Å². The third-order valence-electron chi connectivity index (χ3n) is 0.803. The summed E-state index contributed by atoms with van der Waals surface area (Å²) in [5, 5.41) is 0. The van der Waals surface area contributed by atoms with Gasteiger partial charge in [0.25, 0.3) is 0 Å². The van der Waals surface area contributed by atoms with Crippen LogP contribution >= 0.6 is 0 Å². The summed E-state index contributed by atoms with van der Waals surface area (Å²) in [7, 11) is -2.65. The number of rotatable bonds is 4. The molecule has 0 aliphatic heterocycles. The molecule has 0 fully saturated rings. The van der Waals surface area contributed by atoms with Crippen LogP contribution in [0.1, 0.15) is 0 Å². The molecule has 0 N–H and O–H groups in total. The van der Waals surface area contributed by atoms with Gasteiger partial charge in [0, 0.05) is 0 Å². The Hall–Kier alpha value is 1.18. The summed E-state index contributed by atoms with van der Waals surface area (Å²) in [6.45, 7) is 13.1. The molecule has 0 unspecified atom stereocenters. The van der Waals surface area contributed by atoms with Crippen molar-refractivity contribution < 1.29 is 19.4 Å². The molecule has 0 bridgehead atoms. The zero-order valence-corrected chi connectivity index (χ0v) is 12.7. The molecule has 2 nitrogen and oxygen atoms in total. The van der Waals surface area contributed by atoms with Gasteiger partial charge >= 0.3 is 78.8 Å². The summed E-state index contributed by atoms with van der Waals surface area (Å²) in [6.07, 6.45) is 0. The molecule has 0 aromatic carbocycles. The van der Waals surface area contributed by atoms with Gasteiger partial charge in [-0.25, -0.2) is 0 Å². The number of hydrogen-bond donors (Lipinski definition) is 0. The minimum Gasteiger partial charge on any atom is -1.00 e. The number of hydrogen-bond acceptors (Lipinski definition) is 2. The van der Waals surface area contributed by atoms with Gasteiger partial charge < -0.3 is 12.4 Å². The second-order valence-corrected chi connectivity index (χ2v) is 15.1. The first kappa shape index (κ1) is 15.6. The third kappa shape index (κ3) is 13.7. The van der Waals surface area contributed by atoms with Gasteiger partial charge in [0.2, 0.25) is 0 Å². The summed E-state index contributed by atoms with van der Waals surface area (Å²) in [4.78, 5) is 0. The molecule has 0 aromatic rings. The zero-order valence-electron chi connectivity index (χ0n) is 8.77. The van der Waals surface area contributed by atoms with Crippen LogP contribution in [0.5, 0.6) is 0 Å². The Balaban J connectivity index is 0. The Morgan fingerprint density at radius 2 is 1.00 bits per heavy atom. The summed E-state index contributed by atoms with van der Waals surface area (Å²) in [5.41, 5.74) is 0. The van der Waals surface area contributed by atoms with Gasteiger partial charge in [0.05, 0.1) is 0 Å². The van der Waals surface area contributed by atoms with Gasteiger partial charge in [-0.2, -0.15) is 0 Å². The van der Waals surface area contributed by atoms with Crippen LogP contribution in [0.15, 0.2) is 0 Å². The van der Waals surface area contributed by atoms with Crippen LogP contribution in [-0.4, -0.2) is 32.5 Å². The molecule has 12 heavy (non-hydrogen) atoms. The van der Waals surface area contributed by atoms with Crippen molar-refractivity contribution in [3.05, 3.63) is 0 Å². The van der Waals surface area contributed by atoms with Crippen molar-refractivity contribution in [1.29, 1.82) is 0 Å². The van der Waals surface area contributed by atoms with E-state index >= 15 is 0 Å². The summed E-state index contributed by atoms with van der Waals surface area (Å²) in [5.74, 6) is 0. The molecule has 0 saturated heterocycles. The molecule has 72 valence electrons. The maximum atomic E-state index is 5.64. The smallest absolute Gasteiger partial charge is 1.00 e. The minimum atomic E-state index is -1.32. The van der Waals surface area contributed by atoms with E-state index in [4.69, 9.17) is 6.96 Å². The van der Waals surface area contributed by atoms with Crippen molar-refractivity contribution in [3.8, 4) is 0 Å². The molecule has 0 atom stereocenters. The normalized spacial score (nSPS) is 11.8. The predicted octanol–water partition coefficient (Wildman–Crippen LogP) is -0.772. The fourth-order valence-corrected chi connectivity index (χ4v) is 3.25. The Morgan fingerprint density at radius 1 is 0.750 bits per heavy atom. The molecule has 0 aromatic heterocycles. The van der Waals surface area contributed by atoms with Crippen molar-refractivity contribution in [2.24, 2.45) is 0 Å². The van der Waals surface area contributed by atoms with Gasteiger partial charge in [-0.1, -0.05) is 0 Å². The standard InChI is InChI=1S/2C3H9OSi.Al.ClH/c2*1-5(2,3)4;;/h2*1-3H3;;1H/q2*-1;+3;/p-1. The van der Waals surface area contributed by atoms with E-state index in [0.29, 0.717) is 0 Å². The first-order valence-electron chi connectivity index (χ1n) is 3.88. The van der Waals surface area contributed by atoms with Crippen molar-refractivity contribution in [3.63, 3.8) is 0 Å². The topological polar surface area (TPSA) is 18.5 Å². The van der Waals surface area contributed by atoms with Crippen molar-refractivity contribution in [2.45, 2.75) is 39.3 Å². The van der Waals surface area contributed by atoms with Crippen molar-refractivity contribution in [1.82, 2.24) is 0 Å². The molecule has 0 aliphatic carbocycles. The second kappa shape index (κ2) is 5.81. The van der Waals surface area contributed by atoms with Crippen LogP contribution in [0.3, 0.4) is 0 Å². The van der Waals surface area contributed by atoms with E-state index in [0.717, 1.165) is 0 Å². The average molecular weight is 241 g/mol. The molecular formula is C6H18AlClO2Si2. The van der Waals surface area contributed by atoms with Gasteiger partial charge in [0.1, 0.15) is 0 Å². The first-order valence-corrected chi connectivity index (χ1v) is 11.6. The quantitative estimate of drug-likeness (QED) is 0.601. The third-order valence-corrected chi connectivity index (χ3v) is 7.23. The fraction of sp³-hybridized carbons (Fsp3) is 1.00. The molecule has 0 amide bonds. The maximum absolute atomic E-state index is 5.64.